The summed E-state index contributed by atoms with van der Waals surface area (Å²) in [6, 6.07) is 46.8. The SMILES string of the molecule is c1ccc(-n2c3ccccc3c3cc4c5c(ccc6c7ccccc7sc65)c5c6ccccc6cn5c4cc32)cc1. The Labute approximate surface area is 238 Å². The van der Waals surface area contributed by atoms with E-state index in [4.69, 9.17) is 0 Å². The molecule has 2 nitrogen and oxygen atoms in total. The molecule has 6 aromatic carbocycles. The highest BCUT2D eigenvalue weighted by Crippen LogP contribution is 2.45. The van der Waals surface area contributed by atoms with Crippen LogP contribution in [0.5, 0.6) is 0 Å². The van der Waals surface area contributed by atoms with Gasteiger partial charge in [-0.2, -0.15) is 0 Å². The van der Waals surface area contributed by atoms with Crippen molar-refractivity contribution in [2.75, 3.05) is 0 Å². The van der Waals surface area contributed by atoms with Crippen LogP contribution in [0.1, 0.15) is 0 Å². The highest BCUT2D eigenvalue weighted by atomic mass is 32.1. The Morgan fingerprint density at radius 1 is 0.463 bits per heavy atom. The van der Waals surface area contributed by atoms with E-state index in [1.165, 1.54) is 85.6 Å². The van der Waals surface area contributed by atoms with Gasteiger partial charge in [0, 0.05) is 69.8 Å². The molecule has 190 valence electrons. The van der Waals surface area contributed by atoms with Crippen LogP contribution in [0.15, 0.2) is 134 Å². The quantitative estimate of drug-likeness (QED) is 0.184. The smallest absolute Gasteiger partial charge is 0.0614 e. The van der Waals surface area contributed by atoms with E-state index >= 15 is 0 Å². The van der Waals surface area contributed by atoms with Crippen molar-refractivity contribution in [3.05, 3.63) is 134 Å². The zero-order valence-corrected chi connectivity index (χ0v) is 22.8. The fourth-order valence-corrected chi connectivity index (χ4v) is 8.40. The van der Waals surface area contributed by atoms with Gasteiger partial charge in [-0.25, -0.2) is 0 Å². The molecule has 4 heterocycles. The molecule has 0 spiro atoms. The number of hydrogen-bond donors (Lipinski definition) is 0. The molecule has 0 aliphatic rings. The fourth-order valence-electron chi connectivity index (χ4n) is 7.14. The number of hydrogen-bond acceptors (Lipinski definition) is 1. The average molecular weight is 539 g/mol. The van der Waals surface area contributed by atoms with Gasteiger partial charge in [0.2, 0.25) is 0 Å². The van der Waals surface area contributed by atoms with Gasteiger partial charge in [0.25, 0.3) is 0 Å². The van der Waals surface area contributed by atoms with Gasteiger partial charge < -0.3 is 8.97 Å². The van der Waals surface area contributed by atoms with Gasteiger partial charge >= 0.3 is 0 Å². The highest BCUT2D eigenvalue weighted by molar-refractivity contribution is 7.26. The molecule has 0 saturated heterocycles. The molecule has 41 heavy (non-hydrogen) atoms. The van der Waals surface area contributed by atoms with E-state index in [2.05, 4.69) is 143 Å². The standard InChI is InChI=1S/C38H22N2S/c1-2-11-24(12-3-1)40-32-16-8-6-14-26(32)30-20-31-33(21-34(30)40)39-22-23-10-4-5-13-25(23)37(39)29-19-18-28-27-15-7-9-17-35(27)41-38(28)36(29)31/h1-22H. The summed E-state index contributed by atoms with van der Waals surface area (Å²) in [5, 5.41) is 11.8. The maximum atomic E-state index is 2.46. The molecule has 0 fully saturated rings. The topological polar surface area (TPSA) is 9.34 Å². The van der Waals surface area contributed by atoms with Gasteiger partial charge in [0.1, 0.15) is 0 Å². The Morgan fingerprint density at radius 3 is 2.10 bits per heavy atom. The van der Waals surface area contributed by atoms with Gasteiger partial charge in [-0.15, -0.1) is 11.3 Å². The van der Waals surface area contributed by atoms with Crippen LogP contribution in [0.3, 0.4) is 0 Å². The van der Waals surface area contributed by atoms with E-state index in [1.807, 2.05) is 11.3 Å². The number of benzene rings is 6. The van der Waals surface area contributed by atoms with Crippen molar-refractivity contribution in [2.24, 2.45) is 0 Å². The first-order chi connectivity index (χ1) is 20.3. The number of nitrogens with zero attached hydrogens (tertiary/aromatic N) is 2. The van der Waals surface area contributed by atoms with Crippen molar-refractivity contribution in [1.82, 2.24) is 8.97 Å². The van der Waals surface area contributed by atoms with Crippen LogP contribution in [-0.4, -0.2) is 8.97 Å². The van der Waals surface area contributed by atoms with E-state index in [0.29, 0.717) is 0 Å². The van der Waals surface area contributed by atoms with E-state index in [-0.39, 0.29) is 0 Å². The number of para-hydroxylation sites is 2. The lowest BCUT2D eigenvalue weighted by atomic mass is 9.99. The van der Waals surface area contributed by atoms with E-state index in [1.54, 1.807) is 0 Å². The molecule has 0 aliphatic carbocycles. The van der Waals surface area contributed by atoms with E-state index in [0.717, 1.165) is 0 Å². The molecule has 10 aromatic rings. The van der Waals surface area contributed by atoms with Gasteiger partial charge in [-0.1, -0.05) is 91.0 Å². The number of aromatic nitrogens is 2. The Balaban J connectivity index is 1.52. The monoisotopic (exact) mass is 538 g/mol. The third kappa shape index (κ3) is 2.76. The molecule has 10 rings (SSSR count). The molecule has 0 saturated carbocycles. The zero-order chi connectivity index (χ0) is 26.7. The Bertz CT molecular complexity index is 2690. The summed E-state index contributed by atoms with van der Waals surface area (Å²) in [5.41, 5.74) is 6.16. The van der Waals surface area contributed by atoms with E-state index in [9.17, 15) is 0 Å². The molecule has 4 aromatic heterocycles. The predicted molar refractivity (Wildman–Crippen MR) is 177 cm³/mol. The Kier molecular flexibility index (Phi) is 4.10. The lowest BCUT2D eigenvalue weighted by Crippen LogP contribution is -1.95. The minimum Gasteiger partial charge on any atom is -0.315 e. The molecular formula is C38H22N2S. The lowest BCUT2D eigenvalue weighted by molar-refractivity contribution is 1.18. The summed E-state index contributed by atoms with van der Waals surface area (Å²) >= 11 is 1.92. The van der Waals surface area contributed by atoms with Gasteiger partial charge in [-0.05, 0) is 36.4 Å². The van der Waals surface area contributed by atoms with Crippen LogP contribution in [0.4, 0.5) is 0 Å². The van der Waals surface area contributed by atoms with Crippen molar-refractivity contribution >= 4 is 91.3 Å². The first-order valence-corrected chi connectivity index (χ1v) is 14.8. The van der Waals surface area contributed by atoms with Gasteiger partial charge in [0.15, 0.2) is 0 Å². The molecular weight excluding hydrogens is 516 g/mol. The van der Waals surface area contributed by atoms with Crippen LogP contribution in [0.25, 0.3) is 85.6 Å². The van der Waals surface area contributed by atoms with Crippen molar-refractivity contribution < 1.29 is 0 Å². The average Bonchev–Trinajstić information content (AvgIpc) is 3.70. The third-order valence-corrected chi connectivity index (χ3v) is 10.1. The van der Waals surface area contributed by atoms with Crippen molar-refractivity contribution in [3.63, 3.8) is 0 Å². The van der Waals surface area contributed by atoms with Gasteiger partial charge in [-0.3, -0.25) is 0 Å². The summed E-state index contributed by atoms with van der Waals surface area (Å²) in [5.74, 6) is 0. The van der Waals surface area contributed by atoms with Crippen molar-refractivity contribution in [1.29, 1.82) is 0 Å². The number of fused-ring (bicyclic) bond motifs is 15. The van der Waals surface area contributed by atoms with Gasteiger partial charge in [0.05, 0.1) is 22.1 Å². The first kappa shape index (κ1) is 21.7. The van der Waals surface area contributed by atoms with Crippen LogP contribution >= 0.6 is 11.3 Å². The first-order valence-electron chi connectivity index (χ1n) is 14.0. The third-order valence-electron chi connectivity index (χ3n) is 8.86. The van der Waals surface area contributed by atoms with Crippen LogP contribution < -0.4 is 0 Å². The summed E-state index contributed by atoms with van der Waals surface area (Å²) in [7, 11) is 0. The second kappa shape index (κ2) is 7.75. The second-order valence-electron chi connectivity index (χ2n) is 11.0. The molecule has 0 bridgehead atoms. The summed E-state index contributed by atoms with van der Waals surface area (Å²) < 4.78 is 7.56. The van der Waals surface area contributed by atoms with Crippen LogP contribution in [0.2, 0.25) is 0 Å². The Morgan fingerprint density at radius 2 is 1.20 bits per heavy atom. The van der Waals surface area contributed by atoms with Crippen molar-refractivity contribution in [3.8, 4) is 5.69 Å². The molecule has 0 aliphatic heterocycles. The summed E-state index contributed by atoms with van der Waals surface area (Å²) in [6.45, 7) is 0. The second-order valence-corrected chi connectivity index (χ2v) is 12.0. The molecule has 0 radical (unpaired) electrons. The fraction of sp³-hybridized carbons (Fsp3) is 0. The summed E-state index contributed by atoms with van der Waals surface area (Å²) in [4.78, 5) is 0. The lowest BCUT2D eigenvalue weighted by Gasteiger charge is -2.13. The molecule has 0 unspecified atom stereocenters. The number of pyridine rings is 1. The summed E-state index contributed by atoms with van der Waals surface area (Å²) in [6.07, 6.45) is 2.32. The molecule has 0 amide bonds. The maximum absolute atomic E-state index is 2.46. The largest absolute Gasteiger partial charge is 0.315 e. The van der Waals surface area contributed by atoms with E-state index < -0.39 is 0 Å². The van der Waals surface area contributed by atoms with Crippen LogP contribution in [0, 0.1) is 0 Å². The number of rotatable bonds is 1. The minimum absolute atomic E-state index is 1.18. The normalized spacial score (nSPS) is 12.4. The predicted octanol–water partition coefficient (Wildman–Crippen LogP) is 10.9. The maximum Gasteiger partial charge on any atom is 0.0614 e. The number of thiophene rings is 1. The highest BCUT2D eigenvalue weighted by Gasteiger charge is 2.20. The zero-order valence-electron chi connectivity index (χ0n) is 22.0. The minimum atomic E-state index is 1.18. The van der Waals surface area contributed by atoms with Crippen LogP contribution in [-0.2, 0) is 0 Å². The molecule has 0 N–H and O–H groups in total. The molecule has 3 heteroatoms. The Hall–Kier alpha value is -5.12. The van der Waals surface area contributed by atoms with Crippen molar-refractivity contribution in [2.45, 2.75) is 0 Å². The molecule has 0 atom stereocenters.